The van der Waals surface area contributed by atoms with Crippen molar-refractivity contribution in [2.75, 3.05) is 0 Å². The Kier molecular flexibility index (Phi) is 6.62. The molecule has 0 aromatic heterocycles. The third-order valence-corrected chi connectivity index (χ3v) is 2.10. The summed E-state index contributed by atoms with van der Waals surface area (Å²) in [5, 5.41) is 11.9. The van der Waals surface area contributed by atoms with Gasteiger partial charge in [0.2, 0.25) is 0 Å². The van der Waals surface area contributed by atoms with Gasteiger partial charge in [-0.3, -0.25) is 4.79 Å². The number of hydrogen-bond acceptors (Lipinski definition) is 4. The molecule has 2 atom stereocenters. The van der Waals surface area contributed by atoms with Crippen LogP contribution in [0.25, 0.3) is 0 Å². The topological polar surface area (TPSA) is 75.6 Å². The molecule has 0 aromatic carbocycles. The molecule has 0 bridgehead atoms. The lowest BCUT2D eigenvalue weighted by Crippen LogP contribution is -2.49. The van der Waals surface area contributed by atoms with Crippen molar-refractivity contribution in [2.24, 2.45) is 0 Å². The fourth-order valence-corrected chi connectivity index (χ4v) is 1.30. The number of allylic oxidation sites excluding steroid dienone is 1. The highest BCUT2D eigenvalue weighted by atomic mass is 16.6. The molecule has 18 heavy (non-hydrogen) atoms. The minimum absolute atomic E-state index is 0.231. The summed E-state index contributed by atoms with van der Waals surface area (Å²) in [6.45, 7) is 10.1. The Morgan fingerprint density at radius 2 is 2.00 bits per heavy atom. The molecule has 0 saturated carbocycles. The quantitative estimate of drug-likeness (QED) is 0.711. The first-order valence-corrected chi connectivity index (χ1v) is 5.98. The molecular weight excluding hydrogens is 234 g/mol. The summed E-state index contributed by atoms with van der Waals surface area (Å²) in [7, 11) is 0. The van der Waals surface area contributed by atoms with E-state index in [2.05, 4.69) is 11.9 Å². The van der Waals surface area contributed by atoms with Crippen molar-refractivity contribution in [2.45, 2.75) is 58.3 Å². The average Bonchev–Trinajstić information content (AvgIpc) is 2.19. The van der Waals surface area contributed by atoms with Gasteiger partial charge in [0.15, 0.2) is 5.78 Å². The van der Waals surface area contributed by atoms with Gasteiger partial charge in [-0.05, 0) is 34.1 Å². The zero-order chi connectivity index (χ0) is 14.3. The lowest BCUT2D eigenvalue weighted by atomic mass is 10.0. The standard InChI is InChI=1S/C13H23NO4/c1-6-7-8-10(16)11(9(2)15)14-12(17)18-13(3,4)5/h6,9,11,15H,1,7-8H2,2-5H3,(H,14,17)/t9-,11+/m1/s1. The molecule has 0 aliphatic rings. The van der Waals surface area contributed by atoms with Gasteiger partial charge in [0.1, 0.15) is 11.6 Å². The van der Waals surface area contributed by atoms with Crippen LogP contribution in [0, 0.1) is 0 Å². The van der Waals surface area contributed by atoms with Crippen LogP contribution in [0.15, 0.2) is 12.7 Å². The molecule has 0 spiro atoms. The van der Waals surface area contributed by atoms with Crippen LogP contribution >= 0.6 is 0 Å². The minimum atomic E-state index is -0.963. The van der Waals surface area contributed by atoms with E-state index in [9.17, 15) is 14.7 Å². The van der Waals surface area contributed by atoms with Gasteiger partial charge in [-0.15, -0.1) is 6.58 Å². The largest absolute Gasteiger partial charge is 0.444 e. The molecule has 0 radical (unpaired) electrons. The van der Waals surface area contributed by atoms with E-state index in [-0.39, 0.29) is 12.2 Å². The number of hydrogen-bond donors (Lipinski definition) is 2. The number of Topliss-reactive ketones (excluding diaryl/α,β-unsaturated/α-hetero) is 1. The first-order chi connectivity index (χ1) is 8.17. The molecule has 2 N–H and O–H groups in total. The number of carbonyl (C=O) groups excluding carboxylic acids is 2. The summed E-state index contributed by atoms with van der Waals surface area (Å²) in [5.74, 6) is -0.240. The summed E-state index contributed by atoms with van der Waals surface area (Å²) in [6.07, 6.45) is 0.687. The Bertz CT molecular complexity index is 305. The van der Waals surface area contributed by atoms with Crippen LogP contribution < -0.4 is 5.32 Å². The SMILES string of the molecule is C=CCCC(=O)[C@@H](NC(=O)OC(C)(C)C)[C@@H](C)O. The zero-order valence-corrected chi connectivity index (χ0v) is 11.5. The lowest BCUT2D eigenvalue weighted by Gasteiger charge is -2.24. The van der Waals surface area contributed by atoms with Gasteiger partial charge < -0.3 is 15.2 Å². The van der Waals surface area contributed by atoms with Crippen LogP contribution in [0.5, 0.6) is 0 Å². The lowest BCUT2D eigenvalue weighted by molar-refractivity contribution is -0.123. The maximum absolute atomic E-state index is 11.8. The van der Waals surface area contributed by atoms with Crippen LogP contribution in [0.3, 0.4) is 0 Å². The number of carbonyl (C=O) groups is 2. The van der Waals surface area contributed by atoms with Crippen molar-refractivity contribution < 1.29 is 19.4 Å². The molecular formula is C13H23NO4. The van der Waals surface area contributed by atoms with Crippen LogP contribution in [0.4, 0.5) is 4.79 Å². The summed E-state index contributed by atoms with van der Waals surface area (Å²) >= 11 is 0. The van der Waals surface area contributed by atoms with Crippen LogP contribution in [0.2, 0.25) is 0 Å². The number of aliphatic hydroxyl groups is 1. The molecule has 5 nitrogen and oxygen atoms in total. The first kappa shape index (κ1) is 16.6. The van der Waals surface area contributed by atoms with E-state index in [0.29, 0.717) is 6.42 Å². The Morgan fingerprint density at radius 1 is 1.44 bits per heavy atom. The third kappa shape index (κ3) is 7.06. The van der Waals surface area contributed by atoms with Crippen molar-refractivity contribution in [1.82, 2.24) is 5.32 Å². The highest BCUT2D eigenvalue weighted by Gasteiger charge is 2.27. The van der Waals surface area contributed by atoms with Gasteiger partial charge in [-0.2, -0.15) is 0 Å². The van der Waals surface area contributed by atoms with Gasteiger partial charge in [-0.25, -0.2) is 4.79 Å². The number of alkyl carbamates (subject to hydrolysis) is 1. The highest BCUT2D eigenvalue weighted by Crippen LogP contribution is 2.08. The van der Waals surface area contributed by atoms with E-state index in [4.69, 9.17) is 4.74 Å². The Hall–Kier alpha value is -1.36. The molecule has 0 saturated heterocycles. The summed E-state index contributed by atoms with van der Waals surface area (Å²) in [5.41, 5.74) is -0.641. The Morgan fingerprint density at radius 3 is 2.39 bits per heavy atom. The number of rotatable bonds is 6. The highest BCUT2D eigenvalue weighted by molar-refractivity contribution is 5.88. The van der Waals surface area contributed by atoms with E-state index in [1.807, 2.05) is 0 Å². The maximum Gasteiger partial charge on any atom is 0.408 e. The molecule has 0 aliphatic heterocycles. The van der Waals surface area contributed by atoms with E-state index in [0.717, 1.165) is 0 Å². The number of ether oxygens (including phenoxy) is 1. The van der Waals surface area contributed by atoms with Crippen LogP contribution in [-0.2, 0) is 9.53 Å². The monoisotopic (exact) mass is 257 g/mol. The van der Waals surface area contributed by atoms with Gasteiger partial charge in [0.05, 0.1) is 6.10 Å². The van der Waals surface area contributed by atoms with Gasteiger partial charge in [0, 0.05) is 6.42 Å². The second kappa shape index (κ2) is 7.16. The second-order valence-corrected chi connectivity index (χ2v) is 5.16. The van der Waals surface area contributed by atoms with Gasteiger partial charge >= 0.3 is 6.09 Å². The summed E-state index contributed by atoms with van der Waals surface area (Å²) < 4.78 is 5.04. The number of aliphatic hydroxyl groups excluding tert-OH is 1. The number of ketones is 1. The van der Waals surface area contributed by atoms with Gasteiger partial charge in [0.25, 0.3) is 0 Å². The number of amides is 1. The smallest absolute Gasteiger partial charge is 0.408 e. The third-order valence-electron chi connectivity index (χ3n) is 2.10. The van der Waals surface area contributed by atoms with Crippen LogP contribution in [-0.4, -0.2) is 34.7 Å². The van der Waals surface area contributed by atoms with Crippen molar-refractivity contribution in [3.8, 4) is 0 Å². The predicted octanol–water partition coefficient (Wildman–Crippen LogP) is 1.80. The second-order valence-electron chi connectivity index (χ2n) is 5.16. The van der Waals surface area contributed by atoms with Crippen molar-refractivity contribution >= 4 is 11.9 Å². The number of nitrogens with one attached hydrogen (secondary N) is 1. The molecule has 0 heterocycles. The Balaban J connectivity index is 4.49. The van der Waals surface area contributed by atoms with E-state index in [1.165, 1.54) is 6.92 Å². The summed E-state index contributed by atoms with van der Waals surface area (Å²) in [6, 6.07) is -0.945. The van der Waals surface area contributed by atoms with Crippen molar-refractivity contribution in [3.05, 3.63) is 12.7 Å². The molecule has 0 unspecified atom stereocenters. The van der Waals surface area contributed by atoms with E-state index in [1.54, 1.807) is 26.8 Å². The van der Waals surface area contributed by atoms with E-state index < -0.39 is 23.8 Å². The van der Waals surface area contributed by atoms with Crippen molar-refractivity contribution in [1.29, 1.82) is 0 Å². The average molecular weight is 257 g/mol. The fraction of sp³-hybridized carbons (Fsp3) is 0.692. The molecule has 0 rings (SSSR count). The Labute approximate surface area is 108 Å². The normalized spacial score (nSPS) is 14.5. The van der Waals surface area contributed by atoms with Gasteiger partial charge in [-0.1, -0.05) is 6.08 Å². The molecule has 104 valence electrons. The molecule has 1 amide bonds. The molecule has 0 fully saturated rings. The fourth-order valence-electron chi connectivity index (χ4n) is 1.30. The molecule has 0 aliphatic carbocycles. The predicted molar refractivity (Wildman–Crippen MR) is 69.3 cm³/mol. The first-order valence-electron chi connectivity index (χ1n) is 5.98. The zero-order valence-electron chi connectivity index (χ0n) is 11.5. The van der Waals surface area contributed by atoms with Crippen molar-refractivity contribution in [3.63, 3.8) is 0 Å². The molecule has 5 heteroatoms. The van der Waals surface area contributed by atoms with Crippen LogP contribution in [0.1, 0.15) is 40.5 Å². The van der Waals surface area contributed by atoms with E-state index >= 15 is 0 Å². The molecule has 0 aromatic rings. The summed E-state index contributed by atoms with van der Waals surface area (Å²) in [4.78, 5) is 23.3. The minimum Gasteiger partial charge on any atom is -0.444 e. The maximum atomic E-state index is 11.8.